The van der Waals surface area contributed by atoms with Crippen LogP contribution in [0.2, 0.25) is 0 Å². The van der Waals surface area contributed by atoms with Crippen molar-refractivity contribution in [3.63, 3.8) is 0 Å². The average Bonchev–Trinajstić information content (AvgIpc) is 2.71. The molecule has 3 heterocycles. The van der Waals surface area contributed by atoms with Crippen LogP contribution in [0.4, 0.5) is 0 Å². The molecule has 0 unspecified atom stereocenters. The second-order valence-corrected chi connectivity index (χ2v) is 2.51. The molecule has 0 aliphatic carbocycles. The Balaban J connectivity index is 2.71. The molecule has 3 rings (SSSR count). The van der Waals surface area contributed by atoms with Crippen LogP contribution in [0.3, 0.4) is 0 Å². The van der Waals surface area contributed by atoms with Crippen LogP contribution in [0.1, 0.15) is 0 Å². The average molecular weight is 159 g/mol. The molecular weight excluding hydrogens is 154 g/mol. The van der Waals surface area contributed by atoms with E-state index in [2.05, 4.69) is 20.1 Å². The molecule has 0 aliphatic rings. The largest absolute Gasteiger partial charge is 0.346 e. The van der Waals surface area contributed by atoms with E-state index in [0.29, 0.717) is 5.78 Å². The molecule has 1 N–H and O–H groups in total. The van der Waals surface area contributed by atoms with Crippen molar-refractivity contribution in [3.8, 4) is 0 Å². The van der Waals surface area contributed by atoms with Crippen LogP contribution in [0, 0.1) is 0 Å². The normalized spacial score (nSPS) is 11.3. The third kappa shape index (κ3) is 0.554. The Bertz CT molecular complexity index is 485. The fraction of sp³-hybridized carbons (Fsp3) is 0. The molecule has 5 nitrogen and oxygen atoms in total. The smallest absolute Gasteiger partial charge is 0.254 e. The standard InChI is InChI=1S/C7H5N5/c1-2-8-6-5(1)3-9-7-10-4-11-12(6)7/h1-4,8H. The zero-order chi connectivity index (χ0) is 7.97. The van der Waals surface area contributed by atoms with Gasteiger partial charge in [0.15, 0.2) is 0 Å². The molecule has 0 aromatic carbocycles. The molecule has 12 heavy (non-hydrogen) atoms. The summed E-state index contributed by atoms with van der Waals surface area (Å²) in [5, 5.41) is 5.07. The molecule has 0 radical (unpaired) electrons. The van der Waals surface area contributed by atoms with Crippen molar-refractivity contribution < 1.29 is 0 Å². The van der Waals surface area contributed by atoms with Gasteiger partial charge in [0.25, 0.3) is 5.78 Å². The molecule has 0 atom stereocenters. The van der Waals surface area contributed by atoms with Crippen molar-refractivity contribution in [2.24, 2.45) is 0 Å². The fourth-order valence-electron chi connectivity index (χ4n) is 1.27. The van der Waals surface area contributed by atoms with Gasteiger partial charge < -0.3 is 4.98 Å². The molecule has 3 aromatic heterocycles. The SMILES string of the molecule is c1nc2ncc3cc[nH]c3n2n1. The molecule has 0 spiro atoms. The number of aromatic amines is 1. The number of rotatable bonds is 0. The van der Waals surface area contributed by atoms with Crippen LogP contribution < -0.4 is 0 Å². The Labute approximate surface area is 67.1 Å². The van der Waals surface area contributed by atoms with Gasteiger partial charge in [0.2, 0.25) is 0 Å². The van der Waals surface area contributed by atoms with E-state index in [9.17, 15) is 0 Å². The minimum absolute atomic E-state index is 0.616. The second-order valence-electron chi connectivity index (χ2n) is 2.51. The van der Waals surface area contributed by atoms with Crippen molar-refractivity contribution in [1.82, 2.24) is 24.6 Å². The van der Waals surface area contributed by atoms with Gasteiger partial charge in [-0.1, -0.05) is 0 Å². The van der Waals surface area contributed by atoms with Gasteiger partial charge in [-0.25, -0.2) is 4.98 Å². The first-order valence-electron chi connectivity index (χ1n) is 3.57. The molecule has 0 saturated heterocycles. The second kappa shape index (κ2) is 1.82. The number of aromatic nitrogens is 5. The summed E-state index contributed by atoms with van der Waals surface area (Å²) in [4.78, 5) is 11.1. The number of nitrogens with one attached hydrogen (secondary N) is 1. The van der Waals surface area contributed by atoms with Crippen LogP contribution in [0.5, 0.6) is 0 Å². The molecule has 3 aromatic rings. The van der Waals surface area contributed by atoms with Gasteiger partial charge in [0, 0.05) is 17.8 Å². The fourth-order valence-corrected chi connectivity index (χ4v) is 1.27. The Hall–Kier alpha value is -1.91. The maximum Gasteiger partial charge on any atom is 0.254 e. The van der Waals surface area contributed by atoms with Crippen LogP contribution in [0.25, 0.3) is 16.8 Å². The zero-order valence-corrected chi connectivity index (χ0v) is 6.10. The van der Waals surface area contributed by atoms with Crippen molar-refractivity contribution in [1.29, 1.82) is 0 Å². The Morgan fingerprint density at radius 2 is 2.33 bits per heavy atom. The van der Waals surface area contributed by atoms with Crippen LogP contribution in [-0.4, -0.2) is 24.6 Å². The van der Waals surface area contributed by atoms with Crippen molar-refractivity contribution in [2.45, 2.75) is 0 Å². The lowest BCUT2D eigenvalue weighted by molar-refractivity contribution is 0.969. The van der Waals surface area contributed by atoms with Crippen molar-refractivity contribution in [2.75, 3.05) is 0 Å². The van der Waals surface area contributed by atoms with Crippen molar-refractivity contribution in [3.05, 3.63) is 24.8 Å². The van der Waals surface area contributed by atoms with Gasteiger partial charge in [0.05, 0.1) is 0 Å². The van der Waals surface area contributed by atoms with E-state index < -0.39 is 0 Å². The molecule has 0 saturated carbocycles. The summed E-state index contributed by atoms with van der Waals surface area (Å²) >= 11 is 0. The highest BCUT2D eigenvalue weighted by molar-refractivity contribution is 5.76. The lowest BCUT2D eigenvalue weighted by Gasteiger charge is -1.91. The summed E-state index contributed by atoms with van der Waals surface area (Å²) in [5.74, 6) is 0.616. The maximum absolute atomic E-state index is 4.11. The monoisotopic (exact) mass is 159 g/mol. The number of hydrogen-bond donors (Lipinski definition) is 1. The summed E-state index contributed by atoms with van der Waals surface area (Å²) in [6.45, 7) is 0. The van der Waals surface area contributed by atoms with Gasteiger partial charge in [-0.05, 0) is 6.07 Å². The summed E-state index contributed by atoms with van der Waals surface area (Å²) in [7, 11) is 0. The predicted octanol–water partition coefficient (Wildman–Crippen LogP) is 0.606. The van der Waals surface area contributed by atoms with Gasteiger partial charge in [0.1, 0.15) is 12.0 Å². The number of nitrogens with zero attached hydrogens (tertiary/aromatic N) is 4. The molecule has 58 valence electrons. The first-order valence-corrected chi connectivity index (χ1v) is 3.57. The van der Waals surface area contributed by atoms with E-state index in [4.69, 9.17) is 0 Å². The first-order chi connectivity index (χ1) is 5.95. The quantitative estimate of drug-likeness (QED) is 0.522. The maximum atomic E-state index is 4.11. The zero-order valence-electron chi connectivity index (χ0n) is 6.10. The lowest BCUT2D eigenvalue weighted by Crippen LogP contribution is -1.91. The third-order valence-electron chi connectivity index (χ3n) is 1.82. The van der Waals surface area contributed by atoms with Crippen LogP contribution in [0.15, 0.2) is 24.8 Å². The number of H-pyrrole nitrogens is 1. The van der Waals surface area contributed by atoms with E-state index in [1.54, 1.807) is 10.7 Å². The van der Waals surface area contributed by atoms with Gasteiger partial charge in [-0.2, -0.15) is 14.6 Å². The lowest BCUT2D eigenvalue weighted by atomic mass is 10.4. The summed E-state index contributed by atoms with van der Waals surface area (Å²) in [6, 6.07) is 1.95. The van der Waals surface area contributed by atoms with E-state index >= 15 is 0 Å². The van der Waals surface area contributed by atoms with E-state index in [-0.39, 0.29) is 0 Å². The van der Waals surface area contributed by atoms with Crippen LogP contribution >= 0.6 is 0 Å². The summed E-state index contributed by atoms with van der Waals surface area (Å²) < 4.78 is 1.68. The first kappa shape index (κ1) is 5.70. The third-order valence-corrected chi connectivity index (χ3v) is 1.82. The highest BCUT2D eigenvalue weighted by Crippen LogP contribution is 2.09. The topological polar surface area (TPSA) is 58.9 Å². The Kier molecular flexibility index (Phi) is 0.864. The highest BCUT2D eigenvalue weighted by atomic mass is 15.3. The Morgan fingerprint density at radius 1 is 1.33 bits per heavy atom. The van der Waals surface area contributed by atoms with Gasteiger partial charge in [-0.3, -0.25) is 0 Å². The molecule has 0 bridgehead atoms. The van der Waals surface area contributed by atoms with Crippen LogP contribution in [-0.2, 0) is 0 Å². The minimum atomic E-state index is 0.616. The van der Waals surface area contributed by atoms with E-state index in [1.165, 1.54) is 6.33 Å². The minimum Gasteiger partial charge on any atom is -0.346 e. The highest BCUT2D eigenvalue weighted by Gasteiger charge is 2.01. The van der Waals surface area contributed by atoms with Gasteiger partial charge in [-0.15, -0.1) is 0 Å². The molecule has 0 amide bonds. The summed E-state index contributed by atoms with van der Waals surface area (Å²) in [6.07, 6.45) is 5.12. The van der Waals surface area contributed by atoms with Gasteiger partial charge >= 0.3 is 0 Å². The molecule has 0 fully saturated rings. The number of fused-ring (bicyclic) bond motifs is 3. The summed E-state index contributed by atoms with van der Waals surface area (Å²) in [5.41, 5.74) is 0.928. The number of hydrogen-bond acceptors (Lipinski definition) is 3. The van der Waals surface area contributed by atoms with E-state index in [0.717, 1.165) is 11.0 Å². The molecular formula is C7H5N5. The predicted molar refractivity (Wildman–Crippen MR) is 42.6 cm³/mol. The molecule has 0 aliphatic heterocycles. The molecule has 5 heteroatoms. The Morgan fingerprint density at radius 3 is 3.33 bits per heavy atom. The van der Waals surface area contributed by atoms with Crippen molar-refractivity contribution >= 4 is 16.8 Å². The van der Waals surface area contributed by atoms with E-state index in [1.807, 2.05) is 12.3 Å².